The molecule has 2 heteroatoms. The predicted molar refractivity (Wildman–Crippen MR) is 67.3 cm³/mol. The highest BCUT2D eigenvalue weighted by molar-refractivity contribution is 4.72. The largest absolute Gasteiger partial charge is 0.390 e. The van der Waals surface area contributed by atoms with Crippen LogP contribution < -0.4 is 0 Å². The summed E-state index contributed by atoms with van der Waals surface area (Å²) in [7, 11) is 0. The van der Waals surface area contributed by atoms with Crippen LogP contribution in [0.1, 0.15) is 65.2 Å². The van der Waals surface area contributed by atoms with Crippen LogP contribution in [0.15, 0.2) is 0 Å². The Morgan fingerprint density at radius 1 is 1.00 bits per heavy atom. The van der Waals surface area contributed by atoms with E-state index >= 15 is 0 Å². The zero-order valence-corrected chi connectivity index (χ0v) is 10.9. The molecule has 0 spiro atoms. The molecule has 0 saturated heterocycles. The minimum absolute atomic E-state index is 0.458. The Hall–Kier alpha value is -0.0800. The summed E-state index contributed by atoms with van der Waals surface area (Å²) >= 11 is 0. The van der Waals surface area contributed by atoms with Crippen LogP contribution in [-0.2, 0) is 0 Å². The van der Waals surface area contributed by atoms with Crippen LogP contribution in [0.25, 0.3) is 0 Å². The van der Waals surface area contributed by atoms with E-state index < -0.39 is 12.2 Å². The first kappa shape index (κ1) is 14.0. The average molecular weight is 228 g/mol. The van der Waals surface area contributed by atoms with Gasteiger partial charge in [-0.25, -0.2) is 0 Å². The van der Waals surface area contributed by atoms with E-state index in [2.05, 4.69) is 13.8 Å². The fourth-order valence-electron chi connectivity index (χ4n) is 2.71. The second kappa shape index (κ2) is 7.29. The molecule has 0 bridgehead atoms. The molecule has 2 nitrogen and oxygen atoms in total. The maximum absolute atomic E-state index is 9.85. The van der Waals surface area contributed by atoms with Gasteiger partial charge in [-0.05, 0) is 31.1 Å². The van der Waals surface area contributed by atoms with Crippen molar-refractivity contribution in [3.8, 4) is 0 Å². The van der Waals surface area contributed by atoms with Crippen molar-refractivity contribution in [2.45, 2.75) is 77.4 Å². The van der Waals surface area contributed by atoms with Gasteiger partial charge in [-0.3, -0.25) is 0 Å². The highest BCUT2D eigenvalue weighted by Crippen LogP contribution is 2.28. The number of aliphatic hydroxyl groups is 2. The van der Waals surface area contributed by atoms with Crippen LogP contribution in [0.3, 0.4) is 0 Å². The number of rotatable bonds is 6. The van der Waals surface area contributed by atoms with E-state index in [0.717, 1.165) is 18.8 Å². The van der Waals surface area contributed by atoms with Crippen molar-refractivity contribution in [3.63, 3.8) is 0 Å². The quantitative estimate of drug-likeness (QED) is 0.733. The number of hydrogen-bond acceptors (Lipinski definition) is 2. The van der Waals surface area contributed by atoms with Gasteiger partial charge in [-0.1, -0.05) is 46.0 Å². The Balaban J connectivity index is 2.15. The first-order valence-electron chi connectivity index (χ1n) is 6.95. The maximum Gasteiger partial charge on any atom is 0.0801 e. The molecule has 0 amide bonds. The van der Waals surface area contributed by atoms with Crippen LogP contribution in [-0.4, -0.2) is 22.4 Å². The van der Waals surface area contributed by atoms with Gasteiger partial charge in [0.15, 0.2) is 0 Å². The van der Waals surface area contributed by atoms with Gasteiger partial charge >= 0.3 is 0 Å². The summed E-state index contributed by atoms with van der Waals surface area (Å²) in [4.78, 5) is 0. The molecule has 1 fully saturated rings. The van der Waals surface area contributed by atoms with Crippen LogP contribution in [0, 0.1) is 11.8 Å². The summed E-state index contributed by atoms with van der Waals surface area (Å²) in [6.45, 7) is 4.16. The van der Waals surface area contributed by atoms with Gasteiger partial charge in [0.05, 0.1) is 12.2 Å². The average Bonchev–Trinajstić information content (AvgIpc) is 2.26. The molecule has 0 aromatic heterocycles. The number of aliphatic hydroxyl groups excluding tert-OH is 2. The van der Waals surface area contributed by atoms with Crippen molar-refractivity contribution >= 4 is 0 Å². The highest BCUT2D eigenvalue weighted by atomic mass is 16.3. The van der Waals surface area contributed by atoms with Crippen LogP contribution in [0.2, 0.25) is 0 Å². The lowest BCUT2D eigenvalue weighted by Gasteiger charge is -2.24. The van der Waals surface area contributed by atoms with Gasteiger partial charge in [0.25, 0.3) is 0 Å². The lowest BCUT2D eigenvalue weighted by atomic mass is 9.84. The second-order valence-corrected chi connectivity index (χ2v) is 5.85. The van der Waals surface area contributed by atoms with Crippen molar-refractivity contribution in [2.24, 2.45) is 11.8 Å². The Bertz CT molecular complexity index is 174. The SMILES string of the molecule is CC(C)CC(O)C(O)CCC1CCCCC1. The summed E-state index contributed by atoms with van der Waals surface area (Å²) in [6, 6.07) is 0. The van der Waals surface area contributed by atoms with E-state index in [0.29, 0.717) is 12.3 Å². The third kappa shape index (κ3) is 5.31. The normalized spacial score (nSPS) is 22.3. The standard InChI is InChI=1S/C14H28O2/c1-11(2)10-14(16)13(15)9-8-12-6-4-3-5-7-12/h11-16H,3-10H2,1-2H3. The Labute approximate surface area is 100 Å². The van der Waals surface area contributed by atoms with E-state index in [1.807, 2.05) is 0 Å². The monoisotopic (exact) mass is 228 g/mol. The smallest absolute Gasteiger partial charge is 0.0801 e. The Morgan fingerprint density at radius 2 is 1.62 bits per heavy atom. The van der Waals surface area contributed by atoms with Crippen molar-refractivity contribution < 1.29 is 10.2 Å². The molecule has 1 saturated carbocycles. The molecule has 16 heavy (non-hydrogen) atoms. The maximum atomic E-state index is 9.85. The van der Waals surface area contributed by atoms with Crippen molar-refractivity contribution in [3.05, 3.63) is 0 Å². The zero-order valence-electron chi connectivity index (χ0n) is 10.9. The molecular formula is C14H28O2. The molecule has 1 rings (SSSR count). The summed E-state index contributed by atoms with van der Waals surface area (Å²) < 4.78 is 0. The molecule has 2 unspecified atom stereocenters. The van der Waals surface area contributed by atoms with Crippen molar-refractivity contribution in [1.82, 2.24) is 0 Å². The van der Waals surface area contributed by atoms with Crippen LogP contribution in [0.4, 0.5) is 0 Å². The zero-order chi connectivity index (χ0) is 12.0. The molecule has 1 aliphatic carbocycles. The van der Waals surface area contributed by atoms with Crippen LogP contribution >= 0.6 is 0 Å². The fraction of sp³-hybridized carbons (Fsp3) is 1.00. The molecule has 2 atom stereocenters. The first-order chi connectivity index (χ1) is 7.59. The van der Waals surface area contributed by atoms with Gasteiger partial charge < -0.3 is 10.2 Å². The topological polar surface area (TPSA) is 40.5 Å². The van der Waals surface area contributed by atoms with E-state index in [1.165, 1.54) is 32.1 Å². The molecule has 0 radical (unpaired) electrons. The first-order valence-corrected chi connectivity index (χ1v) is 6.95. The van der Waals surface area contributed by atoms with Crippen molar-refractivity contribution in [2.75, 3.05) is 0 Å². The summed E-state index contributed by atoms with van der Waals surface area (Å²) in [5.74, 6) is 1.26. The van der Waals surface area contributed by atoms with Gasteiger partial charge in [-0.15, -0.1) is 0 Å². The third-order valence-electron chi connectivity index (χ3n) is 3.75. The van der Waals surface area contributed by atoms with Crippen LogP contribution in [0.5, 0.6) is 0 Å². The molecule has 1 aliphatic rings. The van der Waals surface area contributed by atoms with Gasteiger partial charge in [-0.2, -0.15) is 0 Å². The van der Waals surface area contributed by atoms with Gasteiger partial charge in [0.2, 0.25) is 0 Å². The van der Waals surface area contributed by atoms with E-state index in [4.69, 9.17) is 0 Å². The van der Waals surface area contributed by atoms with Crippen molar-refractivity contribution in [1.29, 1.82) is 0 Å². The Morgan fingerprint density at radius 3 is 2.19 bits per heavy atom. The molecular weight excluding hydrogens is 200 g/mol. The van der Waals surface area contributed by atoms with Gasteiger partial charge in [0.1, 0.15) is 0 Å². The minimum Gasteiger partial charge on any atom is -0.390 e. The minimum atomic E-state index is -0.524. The van der Waals surface area contributed by atoms with E-state index in [9.17, 15) is 10.2 Å². The highest BCUT2D eigenvalue weighted by Gasteiger charge is 2.20. The summed E-state index contributed by atoms with van der Waals surface area (Å²) in [6.07, 6.45) is 8.30. The van der Waals surface area contributed by atoms with Gasteiger partial charge in [0, 0.05) is 0 Å². The molecule has 0 aliphatic heterocycles. The molecule has 0 aromatic carbocycles. The molecule has 0 aromatic rings. The fourth-order valence-corrected chi connectivity index (χ4v) is 2.71. The lowest BCUT2D eigenvalue weighted by molar-refractivity contribution is -0.000914. The Kier molecular flexibility index (Phi) is 6.37. The molecule has 0 heterocycles. The summed E-state index contributed by atoms with van der Waals surface area (Å²) in [5.41, 5.74) is 0. The third-order valence-corrected chi connectivity index (χ3v) is 3.75. The van der Waals surface area contributed by atoms with E-state index in [1.54, 1.807) is 0 Å². The predicted octanol–water partition coefficient (Wildman–Crippen LogP) is 3.11. The molecule has 2 N–H and O–H groups in total. The number of hydrogen-bond donors (Lipinski definition) is 2. The molecule has 96 valence electrons. The van der Waals surface area contributed by atoms with E-state index in [-0.39, 0.29) is 0 Å². The second-order valence-electron chi connectivity index (χ2n) is 5.85. The summed E-state index contributed by atoms with van der Waals surface area (Å²) in [5, 5.41) is 19.6. The lowest BCUT2D eigenvalue weighted by Crippen LogP contribution is -2.28.